The van der Waals surface area contributed by atoms with Crippen molar-refractivity contribution in [3.8, 4) is 11.1 Å². The largest absolute Gasteiger partial charge is 0.330 e. The third kappa shape index (κ3) is 2.71. The Morgan fingerprint density at radius 1 is 1.26 bits per heavy atom. The van der Waals surface area contributed by atoms with Crippen LogP contribution in [0.15, 0.2) is 36.4 Å². The number of rotatable bonds is 4. The molecule has 0 fully saturated rings. The smallest absolute Gasteiger partial charge is 0.153 e. The summed E-state index contributed by atoms with van der Waals surface area (Å²) in [4.78, 5) is 11.0. The average Bonchev–Trinajstić information content (AvgIpc) is 2.41. The van der Waals surface area contributed by atoms with Crippen molar-refractivity contribution in [3.63, 3.8) is 0 Å². The monoisotopic (exact) mass is 257 g/mol. The lowest BCUT2D eigenvalue weighted by Crippen LogP contribution is -2.04. The van der Waals surface area contributed by atoms with Gasteiger partial charge in [-0.2, -0.15) is 0 Å². The molecule has 0 bridgehead atoms. The number of halogens is 1. The first kappa shape index (κ1) is 13.4. The molecule has 0 aliphatic carbocycles. The van der Waals surface area contributed by atoms with Crippen LogP contribution in [-0.4, -0.2) is 12.8 Å². The number of aryl methyl sites for hydroxylation is 1. The molecule has 0 aromatic heterocycles. The first-order valence-corrected chi connectivity index (χ1v) is 6.21. The Hall–Kier alpha value is -2.00. The Labute approximate surface area is 112 Å². The average molecular weight is 257 g/mol. The zero-order chi connectivity index (χ0) is 13.8. The number of hydrogen-bond donors (Lipinski definition) is 1. The third-order valence-electron chi connectivity index (χ3n) is 3.24. The van der Waals surface area contributed by atoms with Gasteiger partial charge in [0.25, 0.3) is 0 Å². The highest BCUT2D eigenvalue weighted by molar-refractivity contribution is 5.88. The van der Waals surface area contributed by atoms with Gasteiger partial charge in [-0.3, -0.25) is 4.79 Å². The summed E-state index contributed by atoms with van der Waals surface area (Å²) in [5.41, 5.74) is 9.42. The highest BCUT2D eigenvalue weighted by Crippen LogP contribution is 2.26. The van der Waals surface area contributed by atoms with Crippen LogP contribution in [0.25, 0.3) is 11.1 Å². The molecule has 0 saturated carbocycles. The lowest BCUT2D eigenvalue weighted by molar-refractivity contribution is 0.112. The summed E-state index contributed by atoms with van der Waals surface area (Å²) in [6.07, 6.45) is 1.33. The summed E-state index contributed by atoms with van der Waals surface area (Å²) >= 11 is 0. The molecular formula is C16H16FNO. The fourth-order valence-electron chi connectivity index (χ4n) is 2.17. The molecule has 0 aliphatic heterocycles. The van der Waals surface area contributed by atoms with Gasteiger partial charge >= 0.3 is 0 Å². The van der Waals surface area contributed by atoms with Crippen molar-refractivity contribution in [1.82, 2.24) is 0 Å². The van der Waals surface area contributed by atoms with Crippen LogP contribution >= 0.6 is 0 Å². The van der Waals surface area contributed by atoms with E-state index in [0.29, 0.717) is 18.4 Å². The van der Waals surface area contributed by atoms with Gasteiger partial charge in [0.15, 0.2) is 6.29 Å². The molecule has 0 heterocycles. The van der Waals surface area contributed by atoms with Gasteiger partial charge in [-0.05, 0) is 48.2 Å². The van der Waals surface area contributed by atoms with E-state index in [2.05, 4.69) is 0 Å². The molecule has 2 nitrogen and oxygen atoms in total. The highest BCUT2D eigenvalue weighted by atomic mass is 19.1. The van der Waals surface area contributed by atoms with Gasteiger partial charge in [-0.25, -0.2) is 4.39 Å². The Balaban J connectivity index is 2.56. The minimum absolute atomic E-state index is 0.102. The van der Waals surface area contributed by atoms with E-state index in [1.165, 1.54) is 6.07 Å². The first-order valence-electron chi connectivity index (χ1n) is 6.21. The van der Waals surface area contributed by atoms with Crippen molar-refractivity contribution in [2.24, 2.45) is 5.73 Å². The zero-order valence-electron chi connectivity index (χ0n) is 10.8. The molecule has 2 aromatic rings. The van der Waals surface area contributed by atoms with E-state index >= 15 is 0 Å². The molecule has 0 saturated heterocycles. The van der Waals surface area contributed by atoms with Crippen LogP contribution in [0, 0.1) is 12.7 Å². The zero-order valence-corrected chi connectivity index (χ0v) is 10.8. The number of hydrogen-bond acceptors (Lipinski definition) is 2. The summed E-state index contributed by atoms with van der Waals surface area (Å²) in [7, 11) is 0. The Kier molecular flexibility index (Phi) is 4.07. The van der Waals surface area contributed by atoms with E-state index < -0.39 is 5.82 Å². The molecule has 2 aromatic carbocycles. The molecule has 0 unspecified atom stereocenters. The van der Waals surface area contributed by atoms with Crippen molar-refractivity contribution >= 4 is 6.29 Å². The van der Waals surface area contributed by atoms with Crippen molar-refractivity contribution < 1.29 is 9.18 Å². The minimum atomic E-state index is -0.492. The van der Waals surface area contributed by atoms with Crippen LogP contribution in [0.1, 0.15) is 21.5 Å². The van der Waals surface area contributed by atoms with E-state index in [1.54, 1.807) is 12.1 Å². The van der Waals surface area contributed by atoms with E-state index in [4.69, 9.17) is 5.73 Å². The second-order valence-electron chi connectivity index (χ2n) is 4.50. The number of benzene rings is 2. The van der Waals surface area contributed by atoms with Crippen LogP contribution < -0.4 is 5.73 Å². The van der Waals surface area contributed by atoms with E-state index in [0.717, 1.165) is 23.1 Å². The molecule has 0 aliphatic rings. The Morgan fingerprint density at radius 3 is 2.74 bits per heavy atom. The quantitative estimate of drug-likeness (QED) is 0.855. The standard InChI is InChI=1S/C16H16FNO/c1-11-5-6-13(9-12(11)7-8-18)14-3-2-4-16(17)15(14)10-19/h2-6,9-10H,7-8,18H2,1H3. The van der Waals surface area contributed by atoms with Gasteiger partial charge in [0, 0.05) is 0 Å². The van der Waals surface area contributed by atoms with E-state index in [-0.39, 0.29) is 5.56 Å². The molecular weight excluding hydrogens is 241 g/mol. The predicted molar refractivity (Wildman–Crippen MR) is 74.7 cm³/mol. The topological polar surface area (TPSA) is 43.1 Å². The molecule has 0 atom stereocenters. The van der Waals surface area contributed by atoms with Crippen molar-refractivity contribution in [2.75, 3.05) is 6.54 Å². The van der Waals surface area contributed by atoms with Gasteiger partial charge in [0.1, 0.15) is 5.82 Å². The Bertz CT molecular complexity index is 608. The lowest BCUT2D eigenvalue weighted by atomic mass is 9.95. The molecule has 98 valence electrons. The second kappa shape index (κ2) is 5.76. The lowest BCUT2D eigenvalue weighted by Gasteiger charge is -2.10. The SMILES string of the molecule is Cc1ccc(-c2cccc(F)c2C=O)cc1CCN. The number of nitrogens with two attached hydrogens (primary N) is 1. The van der Waals surface area contributed by atoms with Crippen LogP contribution in [-0.2, 0) is 6.42 Å². The van der Waals surface area contributed by atoms with Gasteiger partial charge < -0.3 is 5.73 Å². The minimum Gasteiger partial charge on any atom is -0.330 e. The third-order valence-corrected chi connectivity index (χ3v) is 3.24. The highest BCUT2D eigenvalue weighted by Gasteiger charge is 2.10. The van der Waals surface area contributed by atoms with Crippen LogP contribution in [0.2, 0.25) is 0 Å². The van der Waals surface area contributed by atoms with Gasteiger partial charge in [0.2, 0.25) is 0 Å². The number of carbonyl (C=O) groups is 1. The summed E-state index contributed by atoms with van der Waals surface area (Å²) in [6.45, 7) is 2.58. The maximum absolute atomic E-state index is 13.6. The fraction of sp³-hybridized carbons (Fsp3) is 0.188. The Morgan fingerprint density at radius 2 is 2.05 bits per heavy atom. The molecule has 3 heteroatoms. The molecule has 19 heavy (non-hydrogen) atoms. The summed E-state index contributed by atoms with van der Waals surface area (Å²) < 4.78 is 13.6. The van der Waals surface area contributed by atoms with Gasteiger partial charge in [-0.1, -0.05) is 30.3 Å². The summed E-state index contributed by atoms with van der Waals surface area (Å²) in [5.74, 6) is -0.492. The maximum Gasteiger partial charge on any atom is 0.153 e. The first-order chi connectivity index (χ1) is 9.17. The molecule has 0 spiro atoms. The van der Waals surface area contributed by atoms with E-state index in [1.807, 2.05) is 25.1 Å². The molecule has 0 radical (unpaired) electrons. The van der Waals surface area contributed by atoms with Gasteiger partial charge in [-0.15, -0.1) is 0 Å². The van der Waals surface area contributed by atoms with Crippen molar-refractivity contribution in [3.05, 3.63) is 58.9 Å². The summed E-state index contributed by atoms with van der Waals surface area (Å²) in [5, 5.41) is 0. The predicted octanol–water partition coefficient (Wildman–Crippen LogP) is 3.11. The van der Waals surface area contributed by atoms with Crippen LogP contribution in [0.4, 0.5) is 4.39 Å². The molecule has 2 rings (SSSR count). The number of aldehydes is 1. The van der Waals surface area contributed by atoms with Crippen molar-refractivity contribution in [2.45, 2.75) is 13.3 Å². The molecule has 2 N–H and O–H groups in total. The van der Waals surface area contributed by atoms with Crippen molar-refractivity contribution in [1.29, 1.82) is 0 Å². The van der Waals surface area contributed by atoms with Gasteiger partial charge in [0.05, 0.1) is 5.56 Å². The number of carbonyl (C=O) groups excluding carboxylic acids is 1. The van der Waals surface area contributed by atoms with E-state index in [9.17, 15) is 9.18 Å². The maximum atomic E-state index is 13.6. The fourth-order valence-corrected chi connectivity index (χ4v) is 2.17. The normalized spacial score (nSPS) is 10.5. The van der Waals surface area contributed by atoms with Crippen LogP contribution in [0.3, 0.4) is 0 Å². The van der Waals surface area contributed by atoms with Crippen LogP contribution in [0.5, 0.6) is 0 Å². The summed E-state index contributed by atoms with van der Waals surface area (Å²) in [6, 6.07) is 10.5. The molecule has 0 amide bonds. The second-order valence-corrected chi connectivity index (χ2v) is 4.50.